The average Bonchev–Trinajstić information content (AvgIpc) is 2.49. The number of benzene rings is 2. The number of thiocarbonyl (C=S) groups is 1. The molecule has 2 N–H and O–H groups in total. The number of hydrogen-bond donors (Lipinski definition) is 2. The van der Waals surface area contributed by atoms with E-state index in [-0.39, 0.29) is 22.4 Å². The summed E-state index contributed by atoms with van der Waals surface area (Å²) < 4.78 is 0. The minimum atomic E-state index is -0.503. The highest BCUT2D eigenvalue weighted by Gasteiger charge is 2.15. The summed E-state index contributed by atoms with van der Waals surface area (Å²) in [5.74, 6) is -0.382. The van der Waals surface area contributed by atoms with Crippen molar-refractivity contribution < 1.29 is 9.72 Å². The van der Waals surface area contributed by atoms with Crippen LogP contribution in [0.3, 0.4) is 0 Å². The lowest BCUT2D eigenvalue weighted by Crippen LogP contribution is -2.34. The van der Waals surface area contributed by atoms with Crippen LogP contribution in [0.2, 0.25) is 0 Å². The molecule has 7 heteroatoms. The van der Waals surface area contributed by atoms with Gasteiger partial charge in [0.2, 0.25) is 0 Å². The van der Waals surface area contributed by atoms with Crippen molar-refractivity contribution in [3.05, 3.63) is 69.8 Å². The molecule has 0 heterocycles. The van der Waals surface area contributed by atoms with E-state index in [2.05, 4.69) is 10.6 Å². The van der Waals surface area contributed by atoms with Crippen LogP contribution < -0.4 is 10.6 Å². The third kappa shape index (κ3) is 3.86. The van der Waals surface area contributed by atoms with E-state index in [1.807, 2.05) is 0 Å². The van der Waals surface area contributed by atoms with Crippen LogP contribution in [0, 0.1) is 17.0 Å². The van der Waals surface area contributed by atoms with Gasteiger partial charge >= 0.3 is 0 Å². The van der Waals surface area contributed by atoms with E-state index in [9.17, 15) is 14.9 Å². The Morgan fingerprint density at radius 3 is 2.50 bits per heavy atom. The Morgan fingerprint density at radius 1 is 1.18 bits per heavy atom. The van der Waals surface area contributed by atoms with Crippen LogP contribution >= 0.6 is 12.2 Å². The number of carbonyl (C=O) groups excluding carboxylic acids is 1. The SMILES string of the molecule is Cc1ccc(NC(=S)NC(=O)c2ccccc2)c([N+](=O)[O-])c1. The largest absolute Gasteiger partial charge is 0.327 e. The molecule has 0 saturated heterocycles. The monoisotopic (exact) mass is 315 g/mol. The van der Waals surface area contributed by atoms with Crippen LogP contribution in [-0.2, 0) is 0 Å². The standard InChI is InChI=1S/C15H13N3O3S/c1-10-7-8-12(13(9-10)18(20)21)16-15(22)17-14(19)11-5-3-2-4-6-11/h2-9H,1H3,(H2,16,17,19,22). The van der Waals surface area contributed by atoms with Gasteiger partial charge in [-0.05, 0) is 42.9 Å². The molecule has 2 aromatic carbocycles. The third-order valence-electron chi connectivity index (χ3n) is 2.86. The maximum Gasteiger partial charge on any atom is 0.292 e. The summed E-state index contributed by atoms with van der Waals surface area (Å²) in [4.78, 5) is 22.5. The fourth-order valence-corrected chi connectivity index (χ4v) is 2.02. The summed E-state index contributed by atoms with van der Waals surface area (Å²) in [5, 5.41) is 16.2. The molecule has 0 aliphatic heterocycles. The molecule has 0 atom stereocenters. The topological polar surface area (TPSA) is 84.3 Å². The van der Waals surface area contributed by atoms with Crippen molar-refractivity contribution in [1.29, 1.82) is 0 Å². The Bertz CT molecular complexity index is 732. The highest BCUT2D eigenvalue weighted by atomic mass is 32.1. The lowest BCUT2D eigenvalue weighted by molar-refractivity contribution is -0.383. The number of anilines is 1. The molecule has 0 saturated carbocycles. The van der Waals surface area contributed by atoms with Crippen LogP contribution in [0.5, 0.6) is 0 Å². The second kappa shape index (κ2) is 6.77. The molecule has 2 rings (SSSR count). The fourth-order valence-electron chi connectivity index (χ4n) is 1.82. The molecular formula is C15H13N3O3S. The summed E-state index contributed by atoms with van der Waals surface area (Å²) in [6.07, 6.45) is 0. The Morgan fingerprint density at radius 2 is 1.86 bits per heavy atom. The van der Waals surface area contributed by atoms with E-state index in [1.165, 1.54) is 6.07 Å². The molecule has 0 aliphatic rings. The maximum atomic E-state index is 11.9. The summed E-state index contributed by atoms with van der Waals surface area (Å²) in [7, 11) is 0. The van der Waals surface area contributed by atoms with Crippen molar-refractivity contribution in [3.63, 3.8) is 0 Å². The predicted molar refractivity (Wildman–Crippen MR) is 88.0 cm³/mol. The number of amides is 1. The van der Waals surface area contributed by atoms with E-state index in [4.69, 9.17) is 12.2 Å². The Kier molecular flexibility index (Phi) is 4.80. The van der Waals surface area contributed by atoms with Crippen LogP contribution in [0.1, 0.15) is 15.9 Å². The van der Waals surface area contributed by atoms with Gasteiger partial charge in [-0.15, -0.1) is 0 Å². The Labute approximate surface area is 132 Å². The van der Waals surface area contributed by atoms with Crippen molar-refractivity contribution >= 4 is 34.6 Å². The van der Waals surface area contributed by atoms with Crippen LogP contribution in [-0.4, -0.2) is 15.9 Å². The zero-order valence-corrected chi connectivity index (χ0v) is 12.5. The number of aryl methyl sites for hydroxylation is 1. The first-order valence-electron chi connectivity index (χ1n) is 6.40. The van der Waals surface area contributed by atoms with E-state index in [0.29, 0.717) is 5.56 Å². The van der Waals surface area contributed by atoms with Gasteiger partial charge in [0, 0.05) is 11.6 Å². The zero-order chi connectivity index (χ0) is 16.1. The number of rotatable bonds is 3. The van der Waals surface area contributed by atoms with E-state index >= 15 is 0 Å². The molecule has 6 nitrogen and oxygen atoms in total. The molecule has 2 aromatic rings. The lowest BCUT2D eigenvalue weighted by Gasteiger charge is -2.10. The Balaban J connectivity index is 2.10. The number of nitrogens with zero attached hydrogens (tertiary/aromatic N) is 1. The number of nitro groups is 1. The van der Waals surface area contributed by atoms with Crippen LogP contribution in [0.15, 0.2) is 48.5 Å². The van der Waals surface area contributed by atoms with Crippen molar-refractivity contribution in [3.8, 4) is 0 Å². The van der Waals surface area contributed by atoms with Gasteiger partial charge in [0.1, 0.15) is 5.69 Å². The molecule has 0 aliphatic carbocycles. The second-order valence-corrected chi connectivity index (χ2v) is 4.96. The smallest absolute Gasteiger partial charge is 0.292 e. The molecule has 0 spiro atoms. The first kappa shape index (κ1) is 15.6. The van der Waals surface area contributed by atoms with Gasteiger partial charge in [0.05, 0.1) is 4.92 Å². The van der Waals surface area contributed by atoms with E-state index in [1.54, 1.807) is 49.4 Å². The zero-order valence-electron chi connectivity index (χ0n) is 11.7. The molecule has 1 amide bonds. The fraction of sp³-hybridized carbons (Fsp3) is 0.0667. The van der Waals surface area contributed by atoms with Gasteiger partial charge in [-0.25, -0.2) is 0 Å². The summed E-state index contributed by atoms with van der Waals surface area (Å²) in [5.41, 5.74) is 1.34. The lowest BCUT2D eigenvalue weighted by atomic mass is 10.2. The third-order valence-corrected chi connectivity index (χ3v) is 3.07. The molecule has 0 radical (unpaired) electrons. The molecule has 22 heavy (non-hydrogen) atoms. The van der Waals surface area contributed by atoms with Gasteiger partial charge in [-0.2, -0.15) is 0 Å². The van der Waals surface area contributed by atoms with Crippen molar-refractivity contribution in [2.75, 3.05) is 5.32 Å². The molecule has 0 aromatic heterocycles. The average molecular weight is 315 g/mol. The number of nitrogens with one attached hydrogen (secondary N) is 2. The summed E-state index contributed by atoms with van der Waals surface area (Å²) in [6, 6.07) is 13.3. The highest BCUT2D eigenvalue weighted by Crippen LogP contribution is 2.25. The van der Waals surface area contributed by atoms with Gasteiger partial charge in [0.25, 0.3) is 11.6 Å². The number of hydrogen-bond acceptors (Lipinski definition) is 4. The van der Waals surface area contributed by atoms with Crippen molar-refractivity contribution in [1.82, 2.24) is 5.32 Å². The van der Waals surface area contributed by atoms with E-state index in [0.717, 1.165) is 5.56 Å². The number of carbonyl (C=O) groups is 1. The quantitative estimate of drug-likeness (QED) is 0.517. The van der Waals surface area contributed by atoms with Crippen LogP contribution in [0.4, 0.5) is 11.4 Å². The predicted octanol–water partition coefficient (Wildman–Crippen LogP) is 3.03. The molecule has 112 valence electrons. The van der Waals surface area contributed by atoms with Crippen molar-refractivity contribution in [2.24, 2.45) is 0 Å². The van der Waals surface area contributed by atoms with Gasteiger partial charge in [-0.1, -0.05) is 24.3 Å². The minimum Gasteiger partial charge on any atom is -0.327 e. The van der Waals surface area contributed by atoms with Gasteiger partial charge in [0.15, 0.2) is 5.11 Å². The highest BCUT2D eigenvalue weighted by molar-refractivity contribution is 7.80. The molecule has 0 unspecified atom stereocenters. The maximum absolute atomic E-state index is 11.9. The Hall–Kier alpha value is -2.80. The molecule has 0 fully saturated rings. The minimum absolute atomic E-state index is 0.000746. The normalized spacial score (nSPS) is 9.86. The molecule has 0 bridgehead atoms. The van der Waals surface area contributed by atoms with Gasteiger partial charge < -0.3 is 5.32 Å². The summed E-state index contributed by atoms with van der Waals surface area (Å²) in [6.45, 7) is 1.76. The second-order valence-electron chi connectivity index (χ2n) is 4.55. The van der Waals surface area contributed by atoms with Crippen molar-refractivity contribution in [2.45, 2.75) is 6.92 Å². The molecular weight excluding hydrogens is 302 g/mol. The number of nitro benzene ring substituents is 1. The van der Waals surface area contributed by atoms with Crippen LogP contribution in [0.25, 0.3) is 0 Å². The first-order chi connectivity index (χ1) is 10.5. The first-order valence-corrected chi connectivity index (χ1v) is 6.80. The van der Waals surface area contributed by atoms with E-state index < -0.39 is 4.92 Å². The van der Waals surface area contributed by atoms with Gasteiger partial charge in [-0.3, -0.25) is 20.2 Å². The summed E-state index contributed by atoms with van der Waals surface area (Å²) >= 11 is 5.03.